The van der Waals surface area contributed by atoms with E-state index in [2.05, 4.69) is 33.6 Å². The number of aliphatic imine (C=N–C) groups is 1. The lowest BCUT2D eigenvalue weighted by atomic mass is 10.1. The third-order valence-electron chi connectivity index (χ3n) is 3.98. The second kappa shape index (κ2) is 10.4. The Bertz CT molecular complexity index is 704. The predicted molar refractivity (Wildman–Crippen MR) is 105 cm³/mol. The molecule has 0 saturated carbocycles. The summed E-state index contributed by atoms with van der Waals surface area (Å²) in [5, 5.41) is 16.7. The highest BCUT2D eigenvalue weighted by Crippen LogP contribution is 2.19. The van der Waals surface area contributed by atoms with Gasteiger partial charge in [-0.3, -0.25) is 9.98 Å². The number of hydrogen-bond acceptors (Lipinski definition) is 4. The Balaban J connectivity index is 1.92. The highest BCUT2D eigenvalue weighted by molar-refractivity contribution is 5.79. The lowest BCUT2D eigenvalue weighted by Gasteiger charge is -2.14. The van der Waals surface area contributed by atoms with Gasteiger partial charge in [-0.25, -0.2) is 0 Å². The molecule has 6 nitrogen and oxygen atoms in total. The highest BCUT2D eigenvalue weighted by Gasteiger charge is 2.08. The molecule has 2 aromatic rings. The fraction of sp³-hybridized carbons (Fsp3) is 0.400. The quantitative estimate of drug-likeness (QED) is 0.499. The summed E-state index contributed by atoms with van der Waals surface area (Å²) < 4.78 is 5.42. The number of aromatic nitrogens is 1. The van der Waals surface area contributed by atoms with E-state index < -0.39 is 6.10 Å². The lowest BCUT2D eigenvalue weighted by Crippen LogP contribution is -2.38. The maximum Gasteiger partial charge on any atom is 0.191 e. The topological polar surface area (TPSA) is 78.8 Å². The van der Waals surface area contributed by atoms with Crippen molar-refractivity contribution in [2.24, 2.45) is 4.99 Å². The Morgan fingerprint density at radius 3 is 2.69 bits per heavy atom. The molecule has 0 aliphatic rings. The number of guanidine groups is 1. The minimum atomic E-state index is -0.648. The molecule has 3 N–H and O–H groups in total. The first-order chi connectivity index (χ1) is 12.6. The number of pyridine rings is 1. The summed E-state index contributed by atoms with van der Waals surface area (Å²) >= 11 is 0. The van der Waals surface area contributed by atoms with Crippen LogP contribution in [-0.2, 0) is 6.42 Å². The van der Waals surface area contributed by atoms with Crippen LogP contribution < -0.4 is 15.4 Å². The van der Waals surface area contributed by atoms with E-state index in [9.17, 15) is 5.11 Å². The summed E-state index contributed by atoms with van der Waals surface area (Å²) in [6.07, 6.45) is 3.51. The van der Waals surface area contributed by atoms with E-state index in [0.717, 1.165) is 36.4 Å². The van der Waals surface area contributed by atoms with Crippen LogP contribution in [0.1, 0.15) is 29.7 Å². The zero-order chi connectivity index (χ0) is 18.8. The van der Waals surface area contributed by atoms with Gasteiger partial charge in [-0.2, -0.15) is 0 Å². The summed E-state index contributed by atoms with van der Waals surface area (Å²) in [5.41, 5.74) is 3.18. The minimum Gasteiger partial charge on any atom is -0.496 e. The maximum absolute atomic E-state index is 10.2. The molecule has 1 aromatic heterocycles. The van der Waals surface area contributed by atoms with Gasteiger partial charge in [0.2, 0.25) is 0 Å². The van der Waals surface area contributed by atoms with Crippen molar-refractivity contribution in [1.29, 1.82) is 0 Å². The third kappa shape index (κ3) is 6.04. The average Bonchev–Trinajstić information content (AvgIpc) is 2.66. The number of aryl methyl sites for hydroxylation is 1. The maximum atomic E-state index is 10.2. The van der Waals surface area contributed by atoms with E-state index in [1.165, 1.54) is 5.56 Å². The molecule has 140 valence electrons. The molecule has 0 radical (unpaired) electrons. The van der Waals surface area contributed by atoms with Crippen LogP contribution in [0.15, 0.2) is 47.7 Å². The Kier molecular flexibility index (Phi) is 7.89. The molecule has 2 rings (SSSR count). The first-order valence-corrected chi connectivity index (χ1v) is 8.87. The predicted octanol–water partition coefficient (Wildman–Crippen LogP) is 2.23. The Morgan fingerprint density at radius 2 is 2.00 bits per heavy atom. The highest BCUT2D eigenvalue weighted by atomic mass is 16.5. The zero-order valence-electron chi connectivity index (χ0n) is 15.7. The van der Waals surface area contributed by atoms with Gasteiger partial charge in [-0.05, 0) is 49.6 Å². The van der Waals surface area contributed by atoms with E-state index in [4.69, 9.17) is 4.74 Å². The van der Waals surface area contributed by atoms with Crippen molar-refractivity contribution in [2.75, 3.05) is 26.7 Å². The van der Waals surface area contributed by atoms with Crippen molar-refractivity contribution in [2.45, 2.75) is 26.4 Å². The molecule has 0 spiro atoms. The lowest BCUT2D eigenvalue weighted by molar-refractivity contribution is 0.187. The molecule has 0 amide bonds. The largest absolute Gasteiger partial charge is 0.496 e. The zero-order valence-corrected chi connectivity index (χ0v) is 15.7. The van der Waals surface area contributed by atoms with Crippen LogP contribution in [0.2, 0.25) is 0 Å². The van der Waals surface area contributed by atoms with Crippen molar-refractivity contribution in [1.82, 2.24) is 15.6 Å². The SMILES string of the molecule is CCNC(=NCC(O)c1ccncc1)NCCc1cc(C)ccc1OC. The van der Waals surface area contributed by atoms with Crippen molar-refractivity contribution in [3.05, 3.63) is 59.4 Å². The van der Waals surface area contributed by atoms with Gasteiger partial charge >= 0.3 is 0 Å². The second-order valence-electron chi connectivity index (χ2n) is 6.01. The summed E-state index contributed by atoms with van der Waals surface area (Å²) in [4.78, 5) is 8.43. The molecule has 1 unspecified atom stereocenters. The van der Waals surface area contributed by atoms with E-state index in [1.807, 2.05) is 19.1 Å². The van der Waals surface area contributed by atoms with E-state index in [-0.39, 0.29) is 6.54 Å². The summed E-state index contributed by atoms with van der Waals surface area (Å²) in [5.74, 6) is 1.58. The van der Waals surface area contributed by atoms with Crippen LogP contribution in [-0.4, -0.2) is 42.8 Å². The standard InChI is InChI=1S/C20H28N4O2/c1-4-22-20(24-14-18(25)16-7-10-21-11-8-16)23-12-9-17-13-15(2)5-6-19(17)26-3/h5-8,10-11,13,18,25H,4,9,12,14H2,1-3H3,(H2,22,23,24). The minimum absolute atomic E-state index is 0.285. The van der Waals surface area contributed by atoms with Crippen LogP contribution in [0, 0.1) is 6.92 Å². The van der Waals surface area contributed by atoms with Gasteiger partial charge in [0.15, 0.2) is 5.96 Å². The molecule has 0 bridgehead atoms. The molecular weight excluding hydrogens is 328 g/mol. The van der Waals surface area contributed by atoms with Crippen LogP contribution in [0.4, 0.5) is 0 Å². The van der Waals surface area contributed by atoms with Crippen LogP contribution in [0.5, 0.6) is 5.75 Å². The summed E-state index contributed by atoms with van der Waals surface area (Å²) in [7, 11) is 1.69. The van der Waals surface area contributed by atoms with Gasteiger partial charge in [0.1, 0.15) is 5.75 Å². The normalized spacial score (nSPS) is 12.5. The van der Waals surface area contributed by atoms with Gasteiger partial charge in [-0.1, -0.05) is 17.7 Å². The fourth-order valence-electron chi connectivity index (χ4n) is 2.63. The monoisotopic (exact) mass is 356 g/mol. The van der Waals surface area contributed by atoms with Gasteiger partial charge in [0.05, 0.1) is 19.8 Å². The number of aliphatic hydroxyl groups is 1. The van der Waals surface area contributed by atoms with Crippen LogP contribution in [0.25, 0.3) is 0 Å². The molecule has 26 heavy (non-hydrogen) atoms. The molecule has 1 heterocycles. The van der Waals surface area contributed by atoms with Crippen molar-refractivity contribution in [3.63, 3.8) is 0 Å². The van der Waals surface area contributed by atoms with Gasteiger partial charge in [-0.15, -0.1) is 0 Å². The van der Waals surface area contributed by atoms with Crippen LogP contribution >= 0.6 is 0 Å². The van der Waals surface area contributed by atoms with E-state index in [1.54, 1.807) is 31.6 Å². The molecule has 0 saturated heterocycles. The molecule has 0 fully saturated rings. The number of methoxy groups -OCH3 is 1. The number of hydrogen-bond donors (Lipinski definition) is 3. The Morgan fingerprint density at radius 1 is 1.23 bits per heavy atom. The third-order valence-corrected chi connectivity index (χ3v) is 3.98. The van der Waals surface area contributed by atoms with Crippen molar-refractivity contribution < 1.29 is 9.84 Å². The molecule has 0 aliphatic heterocycles. The molecule has 0 aliphatic carbocycles. The fourth-order valence-corrected chi connectivity index (χ4v) is 2.63. The summed E-state index contributed by atoms with van der Waals surface area (Å²) in [6.45, 7) is 5.84. The molecular formula is C20H28N4O2. The molecule has 6 heteroatoms. The smallest absolute Gasteiger partial charge is 0.191 e. The van der Waals surface area contributed by atoms with Crippen molar-refractivity contribution in [3.8, 4) is 5.75 Å². The summed E-state index contributed by atoms with van der Waals surface area (Å²) in [6, 6.07) is 9.77. The van der Waals surface area contributed by atoms with Crippen molar-refractivity contribution >= 4 is 5.96 Å². The van der Waals surface area contributed by atoms with E-state index >= 15 is 0 Å². The van der Waals surface area contributed by atoms with Gasteiger partial charge in [0.25, 0.3) is 0 Å². The average molecular weight is 356 g/mol. The number of nitrogens with one attached hydrogen (secondary N) is 2. The van der Waals surface area contributed by atoms with Gasteiger partial charge < -0.3 is 20.5 Å². The Hall–Kier alpha value is -2.60. The number of ether oxygens (including phenoxy) is 1. The molecule has 1 aromatic carbocycles. The first kappa shape index (κ1) is 19.7. The number of aliphatic hydroxyl groups excluding tert-OH is 1. The number of nitrogens with zero attached hydrogens (tertiary/aromatic N) is 2. The number of benzene rings is 1. The number of rotatable bonds is 8. The van der Waals surface area contributed by atoms with E-state index in [0.29, 0.717) is 5.96 Å². The van der Waals surface area contributed by atoms with Gasteiger partial charge in [0, 0.05) is 25.5 Å². The molecule has 1 atom stereocenters. The first-order valence-electron chi connectivity index (χ1n) is 8.87. The Labute approximate surface area is 155 Å². The second-order valence-corrected chi connectivity index (χ2v) is 6.01. The van der Waals surface area contributed by atoms with Crippen LogP contribution in [0.3, 0.4) is 0 Å².